The van der Waals surface area contributed by atoms with Crippen molar-refractivity contribution >= 4 is 5.97 Å². The first-order valence-corrected chi connectivity index (χ1v) is 9.86. The van der Waals surface area contributed by atoms with Crippen LogP contribution >= 0.6 is 0 Å². The molecule has 1 N–H and O–H groups in total. The maximum Gasteiger partial charge on any atom is 0.311 e. The molecule has 2 aliphatic carbocycles. The molecule has 0 radical (unpaired) electrons. The molecule has 3 aliphatic rings. The van der Waals surface area contributed by atoms with Gasteiger partial charge in [-0.2, -0.15) is 0 Å². The van der Waals surface area contributed by atoms with Crippen LogP contribution in [0.1, 0.15) is 51.6 Å². The zero-order valence-electron chi connectivity index (χ0n) is 16.0. The molecule has 3 heteroatoms. The minimum absolute atomic E-state index is 0.0338. The molecule has 1 saturated heterocycles. The molecule has 0 spiro atoms. The average Bonchev–Trinajstić information content (AvgIpc) is 2.92. The summed E-state index contributed by atoms with van der Waals surface area (Å²) < 4.78 is 5.82. The van der Waals surface area contributed by atoms with Crippen molar-refractivity contribution in [2.24, 2.45) is 17.3 Å². The van der Waals surface area contributed by atoms with Crippen LogP contribution < -0.4 is 5.32 Å². The predicted octanol–water partition coefficient (Wildman–Crippen LogP) is 4.57. The quantitative estimate of drug-likeness (QED) is 0.808. The molecular formula is C23H29NO2. The van der Waals surface area contributed by atoms with E-state index in [1.807, 2.05) is 6.07 Å². The van der Waals surface area contributed by atoms with Crippen LogP contribution in [0.5, 0.6) is 0 Å². The summed E-state index contributed by atoms with van der Waals surface area (Å²) in [6.45, 7) is 7.37. The third-order valence-corrected chi connectivity index (χ3v) is 6.64. The first kappa shape index (κ1) is 17.5. The van der Waals surface area contributed by atoms with Gasteiger partial charge in [-0.3, -0.25) is 4.79 Å². The van der Waals surface area contributed by atoms with Gasteiger partial charge in [-0.25, -0.2) is 0 Å². The lowest BCUT2D eigenvalue weighted by Gasteiger charge is -2.42. The number of ether oxygens (including phenoxy) is 1. The van der Waals surface area contributed by atoms with E-state index in [0.717, 1.165) is 19.3 Å². The number of esters is 1. The maximum absolute atomic E-state index is 12.6. The summed E-state index contributed by atoms with van der Waals surface area (Å²) in [4.78, 5) is 12.6. The molecule has 5 atom stereocenters. The van der Waals surface area contributed by atoms with Gasteiger partial charge in [0.25, 0.3) is 0 Å². The molecule has 0 amide bonds. The Morgan fingerprint density at radius 2 is 2.08 bits per heavy atom. The lowest BCUT2D eigenvalue weighted by molar-refractivity contribution is -0.145. The number of carbonyl (C=O) groups excluding carboxylic acids is 1. The van der Waals surface area contributed by atoms with Crippen LogP contribution in [0.15, 0.2) is 53.6 Å². The van der Waals surface area contributed by atoms with Gasteiger partial charge in [0.1, 0.15) is 6.10 Å². The van der Waals surface area contributed by atoms with E-state index in [1.165, 1.54) is 16.7 Å². The summed E-state index contributed by atoms with van der Waals surface area (Å²) in [5, 5.41) is 3.55. The molecule has 1 fully saturated rings. The van der Waals surface area contributed by atoms with Crippen LogP contribution in [0.3, 0.4) is 0 Å². The molecule has 1 aliphatic heterocycles. The molecule has 0 saturated carbocycles. The Kier molecular flexibility index (Phi) is 4.52. The fraction of sp³-hybridized carbons (Fsp3) is 0.522. The van der Waals surface area contributed by atoms with Crippen molar-refractivity contribution in [3.63, 3.8) is 0 Å². The molecule has 1 aromatic carbocycles. The number of carbonyl (C=O) groups is 1. The lowest BCUT2D eigenvalue weighted by atomic mass is 9.62. The number of hydrogen-bond donors (Lipinski definition) is 1. The van der Waals surface area contributed by atoms with Crippen LogP contribution in [0.4, 0.5) is 0 Å². The van der Waals surface area contributed by atoms with Crippen molar-refractivity contribution in [1.82, 2.24) is 5.32 Å². The highest BCUT2D eigenvalue weighted by Crippen LogP contribution is 2.52. The third-order valence-electron chi connectivity index (χ3n) is 6.64. The van der Waals surface area contributed by atoms with Gasteiger partial charge >= 0.3 is 5.97 Å². The van der Waals surface area contributed by atoms with E-state index in [1.54, 1.807) is 0 Å². The zero-order valence-corrected chi connectivity index (χ0v) is 16.0. The molecular weight excluding hydrogens is 322 g/mol. The van der Waals surface area contributed by atoms with E-state index in [2.05, 4.69) is 62.5 Å². The van der Waals surface area contributed by atoms with Crippen molar-refractivity contribution < 1.29 is 9.53 Å². The fourth-order valence-corrected chi connectivity index (χ4v) is 5.02. The van der Waals surface area contributed by atoms with Crippen molar-refractivity contribution in [3.8, 4) is 0 Å². The largest absolute Gasteiger partial charge is 0.461 e. The number of nitrogens with one attached hydrogen (secondary N) is 1. The molecule has 0 bridgehead atoms. The Morgan fingerprint density at radius 3 is 2.85 bits per heavy atom. The molecule has 0 aromatic heterocycles. The van der Waals surface area contributed by atoms with Crippen molar-refractivity contribution in [1.29, 1.82) is 0 Å². The highest BCUT2D eigenvalue weighted by atomic mass is 16.6. The number of rotatable bonds is 4. The summed E-state index contributed by atoms with van der Waals surface area (Å²) in [5.74, 6) is 0.0777. The van der Waals surface area contributed by atoms with Gasteiger partial charge in [0.15, 0.2) is 0 Å². The van der Waals surface area contributed by atoms with E-state index >= 15 is 0 Å². The second kappa shape index (κ2) is 6.70. The molecule has 138 valence electrons. The Bertz CT molecular complexity index is 751. The number of fused-ring (bicyclic) bond motifs is 2. The average molecular weight is 351 g/mol. The van der Waals surface area contributed by atoms with Crippen LogP contribution in [-0.2, 0) is 9.53 Å². The molecule has 1 aromatic rings. The number of benzene rings is 1. The van der Waals surface area contributed by atoms with Gasteiger partial charge in [0.05, 0.1) is 5.92 Å². The standard InChI is InChI=1S/C23H29NO2/c1-15-8-7-11-23(3)13-21-18(12-20(15)23)19(22(25)26-21)14-24-16(2)17-9-5-4-6-10-17/h4-6,8-10,12,16,18-19,21,24H,7,11,13-14H2,1-3H3. The maximum atomic E-state index is 12.6. The fourth-order valence-electron chi connectivity index (χ4n) is 5.02. The first-order chi connectivity index (χ1) is 12.5. The van der Waals surface area contributed by atoms with Gasteiger partial charge < -0.3 is 10.1 Å². The Hall–Kier alpha value is -1.87. The number of hydrogen-bond acceptors (Lipinski definition) is 3. The third kappa shape index (κ3) is 3.03. The van der Waals surface area contributed by atoms with Crippen LogP contribution in [0, 0.1) is 17.3 Å². The summed E-state index contributed by atoms with van der Waals surface area (Å²) in [7, 11) is 0. The van der Waals surface area contributed by atoms with Crippen molar-refractivity contribution in [2.75, 3.05) is 6.54 Å². The first-order valence-electron chi connectivity index (χ1n) is 9.86. The second-order valence-corrected chi connectivity index (χ2v) is 8.47. The molecule has 5 unspecified atom stereocenters. The molecule has 4 rings (SSSR count). The van der Waals surface area contributed by atoms with E-state index in [9.17, 15) is 4.79 Å². The van der Waals surface area contributed by atoms with E-state index in [0.29, 0.717) is 6.54 Å². The normalized spacial score (nSPS) is 34.3. The second-order valence-electron chi connectivity index (χ2n) is 8.47. The SMILES string of the molecule is CC1=CCCC2(C)CC3OC(=O)C(CNC(C)c4ccccc4)C3C=C12. The van der Waals surface area contributed by atoms with Crippen LogP contribution in [0.2, 0.25) is 0 Å². The van der Waals surface area contributed by atoms with Gasteiger partial charge in [-0.15, -0.1) is 0 Å². The summed E-state index contributed by atoms with van der Waals surface area (Å²) in [6, 6.07) is 10.6. The van der Waals surface area contributed by atoms with Crippen molar-refractivity contribution in [2.45, 2.75) is 52.2 Å². The van der Waals surface area contributed by atoms with Gasteiger partial charge in [0, 0.05) is 18.5 Å². The predicted molar refractivity (Wildman–Crippen MR) is 104 cm³/mol. The molecule has 1 heterocycles. The Balaban J connectivity index is 1.52. The van der Waals surface area contributed by atoms with Crippen LogP contribution in [0.25, 0.3) is 0 Å². The number of allylic oxidation sites excluding steroid dienone is 3. The van der Waals surface area contributed by atoms with E-state index in [-0.39, 0.29) is 35.4 Å². The minimum atomic E-state index is -0.0852. The highest BCUT2D eigenvalue weighted by Gasteiger charge is 2.50. The summed E-state index contributed by atoms with van der Waals surface area (Å²) in [5.41, 5.74) is 4.25. The van der Waals surface area contributed by atoms with Crippen LogP contribution in [-0.4, -0.2) is 18.6 Å². The zero-order chi connectivity index (χ0) is 18.3. The minimum Gasteiger partial charge on any atom is -0.461 e. The molecule has 3 nitrogen and oxygen atoms in total. The summed E-state index contributed by atoms with van der Waals surface area (Å²) in [6.07, 6.45) is 8.00. The Morgan fingerprint density at radius 1 is 1.31 bits per heavy atom. The Labute approximate surface area is 156 Å². The lowest BCUT2D eigenvalue weighted by Crippen LogP contribution is -2.38. The van der Waals surface area contributed by atoms with E-state index < -0.39 is 0 Å². The topological polar surface area (TPSA) is 38.3 Å². The van der Waals surface area contributed by atoms with Crippen molar-refractivity contribution in [3.05, 3.63) is 59.2 Å². The molecule has 26 heavy (non-hydrogen) atoms. The van der Waals surface area contributed by atoms with E-state index in [4.69, 9.17) is 4.74 Å². The summed E-state index contributed by atoms with van der Waals surface area (Å²) >= 11 is 0. The monoisotopic (exact) mass is 351 g/mol. The smallest absolute Gasteiger partial charge is 0.311 e. The highest BCUT2D eigenvalue weighted by molar-refractivity contribution is 5.76. The van der Waals surface area contributed by atoms with Gasteiger partial charge in [0.2, 0.25) is 0 Å². The van der Waals surface area contributed by atoms with Gasteiger partial charge in [-0.05, 0) is 49.7 Å². The van der Waals surface area contributed by atoms with Gasteiger partial charge in [-0.1, -0.05) is 55.0 Å².